The number of rotatable bonds is 7. The number of carbonyl (C=O) groups is 3. The summed E-state index contributed by atoms with van der Waals surface area (Å²) >= 11 is 0. The van der Waals surface area contributed by atoms with Crippen molar-refractivity contribution in [1.29, 1.82) is 0 Å². The minimum absolute atomic E-state index is 0.183. The number of hydrogen-bond donors (Lipinski definition) is 1. The fourth-order valence-electron chi connectivity index (χ4n) is 3.89. The third-order valence-corrected chi connectivity index (χ3v) is 5.63. The molecule has 0 aliphatic carbocycles. The van der Waals surface area contributed by atoms with E-state index in [2.05, 4.69) is 5.32 Å². The molecule has 0 radical (unpaired) electrons. The standard InChI is InChI=1S/C24H28N2O5/c1-24(25-21(27)15-17-7-5-4-6-8-17)14-13-20(22(28)31-3)26(23(24)29)16-18-9-11-19(30-2)12-10-18/h4-12,20H,13-16H2,1-3H3,(H,25,27)/t20-,24-/m0/s1. The quantitative estimate of drug-likeness (QED) is 0.691. The summed E-state index contributed by atoms with van der Waals surface area (Å²) in [5.41, 5.74) is 0.625. The van der Waals surface area contributed by atoms with E-state index in [1.165, 1.54) is 12.0 Å². The Bertz CT molecular complexity index is 929. The van der Waals surface area contributed by atoms with Crippen LogP contribution in [-0.4, -0.2) is 48.5 Å². The highest BCUT2D eigenvalue weighted by molar-refractivity contribution is 5.95. The van der Waals surface area contributed by atoms with Gasteiger partial charge in [-0.1, -0.05) is 42.5 Å². The Labute approximate surface area is 182 Å². The van der Waals surface area contributed by atoms with Gasteiger partial charge < -0.3 is 19.7 Å². The van der Waals surface area contributed by atoms with Crippen LogP contribution in [0.25, 0.3) is 0 Å². The van der Waals surface area contributed by atoms with Crippen molar-refractivity contribution in [2.45, 2.75) is 44.3 Å². The highest BCUT2D eigenvalue weighted by Gasteiger charge is 2.47. The molecule has 2 aromatic rings. The van der Waals surface area contributed by atoms with Crippen LogP contribution in [0, 0.1) is 0 Å². The lowest BCUT2D eigenvalue weighted by atomic mass is 9.85. The average Bonchev–Trinajstić information content (AvgIpc) is 2.77. The van der Waals surface area contributed by atoms with Crippen LogP contribution in [0.4, 0.5) is 0 Å². The molecule has 1 heterocycles. The summed E-state index contributed by atoms with van der Waals surface area (Å²) in [4.78, 5) is 40.0. The molecule has 3 rings (SSSR count). The first-order valence-corrected chi connectivity index (χ1v) is 10.2. The van der Waals surface area contributed by atoms with E-state index in [9.17, 15) is 14.4 Å². The van der Waals surface area contributed by atoms with Crippen molar-refractivity contribution in [2.24, 2.45) is 0 Å². The lowest BCUT2D eigenvalue weighted by molar-refractivity contribution is -0.161. The molecule has 7 heteroatoms. The number of nitrogens with zero attached hydrogens (tertiary/aromatic N) is 1. The van der Waals surface area contributed by atoms with E-state index in [1.54, 1.807) is 26.2 Å². The van der Waals surface area contributed by atoms with Gasteiger partial charge >= 0.3 is 5.97 Å². The van der Waals surface area contributed by atoms with Gasteiger partial charge in [-0.15, -0.1) is 0 Å². The Morgan fingerprint density at radius 1 is 1.06 bits per heavy atom. The van der Waals surface area contributed by atoms with Crippen LogP contribution >= 0.6 is 0 Å². The van der Waals surface area contributed by atoms with E-state index >= 15 is 0 Å². The van der Waals surface area contributed by atoms with E-state index in [0.29, 0.717) is 18.6 Å². The van der Waals surface area contributed by atoms with Crippen molar-refractivity contribution in [3.05, 3.63) is 65.7 Å². The van der Waals surface area contributed by atoms with Crippen molar-refractivity contribution < 1.29 is 23.9 Å². The molecule has 0 bridgehead atoms. The molecule has 0 unspecified atom stereocenters. The highest BCUT2D eigenvalue weighted by Crippen LogP contribution is 2.29. The van der Waals surface area contributed by atoms with Crippen LogP contribution in [0.1, 0.15) is 30.9 Å². The fraction of sp³-hybridized carbons (Fsp3) is 0.375. The second-order valence-electron chi connectivity index (χ2n) is 7.90. The van der Waals surface area contributed by atoms with E-state index < -0.39 is 17.6 Å². The molecule has 31 heavy (non-hydrogen) atoms. The molecule has 7 nitrogen and oxygen atoms in total. The summed E-state index contributed by atoms with van der Waals surface area (Å²) in [7, 11) is 2.90. The zero-order valence-electron chi connectivity index (χ0n) is 18.1. The van der Waals surface area contributed by atoms with E-state index in [1.807, 2.05) is 42.5 Å². The maximum Gasteiger partial charge on any atom is 0.328 e. The van der Waals surface area contributed by atoms with Crippen molar-refractivity contribution in [1.82, 2.24) is 10.2 Å². The number of carbonyl (C=O) groups excluding carboxylic acids is 3. The Morgan fingerprint density at radius 3 is 2.35 bits per heavy atom. The lowest BCUT2D eigenvalue weighted by Gasteiger charge is -2.43. The van der Waals surface area contributed by atoms with Crippen molar-refractivity contribution in [3.63, 3.8) is 0 Å². The number of amides is 2. The van der Waals surface area contributed by atoms with Crippen LogP contribution < -0.4 is 10.1 Å². The maximum atomic E-state index is 13.5. The number of ether oxygens (including phenoxy) is 2. The molecule has 2 amide bonds. The zero-order chi connectivity index (χ0) is 22.4. The average molecular weight is 424 g/mol. The predicted octanol–water partition coefficient (Wildman–Crippen LogP) is 2.48. The van der Waals surface area contributed by atoms with Gasteiger partial charge in [-0.05, 0) is 43.0 Å². The number of piperidine rings is 1. The number of likely N-dealkylation sites (tertiary alicyclic amines) is 1. The summed E-state index contributed by atoms with van der Waals surface area (Å²) in [6, 6.07) is 16.0. The van der Waals surface area contributed by atoms with Crippen LogP contribution in [0.15, 0.2) is 54.6 Å². The number of benzene rings is 2. The number of methoxy groups -OCH3 is 2. The largest absolute Gasteiger partial charge is 0.497 e. The summed E-state index contributed by atoms with van der Waals surface area (Å²) in [6.45, 7) is 1.94. The van der Waals surface area contributed by atoms with Gasteiger partial charge in [-0.2, -0.15) is 0 Å². The lowest BCUT2D eigenvalue weighted by Crippen LogP contribution is -2.64. The minimum atomic E-state index is -1.09. The first kappa shape index (κ1) is 22.3. The summed E-state index contributed by atoms with van der Waals surface area (Å²) in [5.74, 6) is -0.287. The minimum Gasteiger partial charge on any atom is -0.497 e. The Morgan fingerprint density at radius 2 is 1.74 bits per heavy atom. The topological polar surface area (TPSA) is 84.9 Å². The first-order valence-electron chi connectivity index (χ1n) is 10.2. The molecule has 0 spiro atoms. The molecule has 1 N–H and O–H groups in total. The summed E-state index contributed by atoms with van der Waals surface area (Å²) in [6.07, 6.45) is 0.935. The van der Waals surface area contributed by atoms with Gasteiger partial charge in [-0.3, -0.25) is 9.59 Å². The monoisotopic (exact) mass is 424 g/mol. The number of esters is 1. The van der Waals surface area contributed by atoms with Gasteiger partial charge in [-0.25, -0.2) is 4.79 Å². The van der Waals surface area contributed by atoms with Gasteiger partial charge in [0.25, 0.3) is 0 Å². The molecule has 0 aromatic heterocycles. The molecule has 2 aromatic carbocycles. The fourth-order valence-corrected chi connectivity index (χ4v) is 3.89. The Kier molecular flexibility index (Phi) is 6.95. The van der Waals surface area contributed by atoms with E-state index in [0.717, 1.165) is 11.1 Å². The molecule has 0 saturated carbocycles. The maximum absolute atomic E-state index is 13.5. The molecule has 1 aliphatic rings. The van der Waals surface area contributed by atoms with Crippen LogP contribution in [0.5, 0.6) is 5.75 Å². The van der Waals surface area contributed by atoms with Crippen molar-refractivity contribution in [2.75, 3.05) is 14.2 Å². The number of hydrogen-bond acceptors (Lipinski definition) is 5. The molecule has 164 valence electrons. The molecule has 1 saturated heterocycles. The SMILES string of the molecule is COC(=O)[C@@H]1CC[C@](C)(NC(=O)Cc2ccccc2)C(=O)N1Cc1ccc(OC)cc1. The second-order valence-corrected chi connectivity index (χ2v) is 7.90. The van der Waals surface area contributed by atoms with Crippen LogP contribution in [-0.2, 0) is 32.1 Å². The van der Waals surface area contributed by atoms with Gasteiger partial charge in [0, 0.05) is 6.54 Å². The van der Waals surface area contributed by atoms with Gasteiger partial charge in [0.1, 0.15) is 17.3 Å². The van der Waals surface area contributed by atoms with Crippen molar-refractivity contribution in [3.8, 4) is 5.75 Å². The Hall–Kier alpha value is -3.35. The normalized spacial score (nSPS) is 20.8. The van der Waals surface area contributed by atoms with Gasteiger partial charge in [0.05, 0.1) is 20.6 Å². The first-order chi connectivity index (χ1) is 14.9. The summed E-state index contributed by atoms with van der Waals surface area (Å²) in [5, 5.41) is 2.90. The van der Waals surface area contributed by atoms with Gasteiger partial charge in [0.2, 0.25) is 11.8 Å². The third-order valence-electron chi connectivity index (χ3n) is 5.63. The van der Waals surface area contributed by atoms with E-state index in [-0.39, 0.29) is 24.8 Å². The molecule has 1 aliphatic heterocycles. The predicted molar refractivity (Wildman–Crippen MR) is 115 cm³/mol. The smallest absolute Gasteiger partial charge is 0.328 e. The molecular formula is C24H28N2O5. The van der Waals surface area contributed by atoms with E-state index in [4.69, 9.17) is 9.47 Å². The molecule has 1 fully saturated rings. The molecule has 2 atom stereocenters. The van der Waals surface area contributed by atoms with Crippen molar-refractivity contribution >= 4 is 17.8 Å². The van der Waals surface area contributed by atoms with Crippen LogP contribution in [0.3, 0.4) is 0 Å². The Balaban J connectivity index is 1.78. The number of nitrogens with one attached hydrogen (secondary N) is 1. The molecular weight excluding hydrogens is 396 g/mol. The summed E-state index contributed by atoms with van der Waals surface area (Å²) < 4.78 is 10.1. The third kappa shape index (κ3) is 5.23. The van der Waals surface area contributed by atoms with Gasteiger partial charge in [0.15, 0.2) is 0 Å². The van der Waals surface area contributed by atoms with Crippen LogP contribution in [0.2, 0.25) is 0 Å². The highest BCUT2D eigenvalue weighted by atomic mass is 16.5. The zero-order valence-corrected chi connectivity index (χ0v) is 18.1. The second kappa shape index (κ2) is 9.64.